The number of hydrogen-bond acceptors (Lipinski definition) is 2. The van der Waals surface area contributed by atoms with Crippen LogP contribution in [0.1, 0.15) is 21.5 Å². The molecule has 5 heteroatoms. The highest BCUT2D eigenvalue weighted by Crippen LogP contribution is 2.22. The smallest absolute Gasteiger partial charge is 0.256 e. The molecule has 0 heterocycles. The molecule has 0 aliphatic rings. The molecule has 0 saturated heterocycles. The van der Waals surface area contributed by atoms with Crippen LogP contribution in [0.5, 0.6) is 0 Å². The van der Waals surface area contributed by atoms with Gasteiger partial charge in [0, 0.05) is 10.2 Å². The fraction of sp³-hybridized carbons (Fsp3) is 0.133. The molecule has 0 aromatic heterocycles. The Bertz CT molecular complexity index is 658. The topological polar surface area (TPSA) is 49.3 Å². The first-order valence-corrected chi connectivity index (χ1v) is 6.77. The van der Waals surface area contributed by atoms with Gasteiger partial charge in [-0.05, 0) is 58.2 Å². The van der Waals surface area contributed by atoms with Crippen molar-refractivity contribution in [2.75, 3.05) is 5.32 Å². The van der Waals surface area contributed by atoms with Gasteiger partial charge in [-0.3, -0.25) is 4.79 Å². The van der Waals surface area contributed by atoms with Crippen LogP contribution >= 0.6 is 15.9 Å². The summed E-state index contributed by atoms with van der Waals surface area (Å²) in [6.07, 6.45) is 0. The van der Waals surface area contributed by atoms with Gasteiger partial charge in [0.05, 0.1) is 12.2 Å². The molecule has 0 saturated carbocycles. The number of aliphatic hydroxyl groups excluding tert-OH is 1. The Morgan fingerprint density at radius 1 is 1.30 bits per heavy atom. The van der Waals surface area contributed by atoms with E-state index in [9.17, 15) is 9.18 Å². The van der Waals surface area contributed by atoms with Gasteiger partial charge >= 0.3 is 0 Å². The zero-order chi connectivity index (χ0) is 14.7. The molecule has 2 rings (SSSR count). The molecule has 20 heavy (non-hydrogen) atoms. The molecular formula is C15H13BrFNO2. The lowest BCUT2D eigenvalue weighted by Crippen LogP contribution is -2.13. The molecule has 0 bridgehead atoms. The minimum Gasteiger partial charge on any atom is -0.392 e. The fourth-order valence-corrected chi connectivity index (χ4v) is 2.30. The molecule has 0 unspecified atom stereocenters. The standard InChI is InChI=1S/C15H13BrFNO2/c1-9-2-3-10(8-19)6-14(9)18-15(20)12-5-4-11(17)7-13(12)16/h2-7,19H,8H2,1H3,(H,18,20). The number of benzene rings is 2. The maximum absolute atomic E-state index is 13.0. The Hall–Kier alpha value is -1.72. The number of nitrogens with one attached hydrogen (secondary N) is 1. The van der Waals surface area contributed by atoms with Crippen molar-refractivity contribution in [2.45, 2.75) is 13.5 Å². The average Bonchev–Trinajstić information content (AvgIpc) is 2.41. The molecule has 1 amide bonds. The fourth-order valence-electron chi connectivity index (χ4n) is 1.77. The Morgan fingerprint density at radius 2 is 2.05 bits per heavy atom. The summed E-state index contributed by atoms with van der Waals surface area (Å²) in [5, 5.41) is 11.9. The van der Waals surface area contributed by atoms with E-state index in [1.165, 1.54) is 18.2 Å². The van der Waals surface area contributed by atoms with Crippen LogP contribution in [0.3, 0.4) is 0 Å². The summed E-state index contributed by atoms with van der Waals surface area (Å²) in [5.74, 6) is -0.748. The van der Waals surface area contributed by atoms with Crippen molar-refractivity contribution in [2.24, 2.45) is 0 Å². The highest BCUT2D eigenvalue weighted by atomic mass is 79.9. The van der Waals surface area contributed by atoms with Crippen LogP contribution in [0, 0.1) is 12.7 Å². The minimum absolute atomic E-state index is 0.0939. The van der Waals surface area contributed by atoms with Crippen molar-refractivity contribution in [1.82, 2.24) is 0 Å². The van der Waals surface area contributed by atoms with Crippen LogP contribution in [-0.4, -0.2) is 11.0 Å². The molecule has 2 aromatic rings. The molecular weight excluding hydrogens is 325 g/mol. The Morgan fingerprint density at radius 3 is 2.70 bits per heavy atom. The molecule has 0 atom stereocenters. The van der Waals surface area contributed by atoms with Crippen LogP contribution in [0.25, 0.3) is 0 Å². The van der Waals surface area contributed by atoms with Gasteiger partial charge in [0.25, 0.3) is 5.91 Å². The van der Waals surface area contributed by atoms with Crippen LogP contribution in [-0.2, 0) is 6.61 Å². The van der Waals surface area contributed by atoms with Gasteiger partial charge in [-0.1, -0.05) is 12.1 Å². The second-order valence-corrected chi connectivity index (χ2v) is 5.24. The summed E-state index contributed by atoms with van der Waals surface area (Å²) >= 11 is 3.17. The van der Waals surface area contributed by atoms with E-state index in [2.05, 4.69) is 21.2 Å². The van der Waals surface area contributed by atoms with Crippen molar-refractivity contribution in [3.8, 4) is 0 Å². The van der Waals surface area contributed by atoms with Gasteiger partial charge in [-0.25, -0.2) is 4.39 Å². The SMILES string of the molecule is Cc1ccc(CO)cc1NC(=O)c1ccc(F)cc1Br. The third kappa shape index (κ3) is 3.23. The number of halogens is 2. The van der Waals surface area contributed by atoms with Crippen LogP contribution < -0.4 is 5.32 Å². The average molecular weight is 338 g/mol. The Balaban J connectivity index is 2.27. The highest BCUT2D eigenvalue weighted by molar-refractivity contribution is 9.10. The van der Waals surface area contributed by atoms with E-state index in [1.807, 2.05) is 13.0 Å². The van der Waals surface area contributed by atoms with Crippen molar-refractivity contribution >= 4 is 27.5 Å². The van der Waals surface area contributed by atoms with Gasteiger partial charge in [0.15, 0.2) is 0 Å². The van der Waals surface area contributed by atoms with E-state index in [-0.39, 0.29) is 12.5 Å². The minimum atomic E-state index is -0.410. The van der Waals surface area contributed by atoms with Crippen LogP contribution in [0.4, 0.5) is 10.1 Å². The zero-order valence-electron chi connectivity index (χ0n) is 10.8. The lowest BCUT2D eigenvalue weighted by atomic mass is 10.1. The molecule has 3 nitrogen and oxygen atoms in total. The number of hydrogen-bond donors (Lipinski definition) is 2. The summed E-state index contributed by atoms with van der Waals surface area (Å²) < 4.78 is 13.4. The van der Waals surface area contributed by atoms with Crippen molar-refractivity contribution in [3.63, 3.8) is 0 Å². The number of anilines is 1. The van der Waals surface area contributed by atoms with E-state index in [0.717, 1.165) is 5.56 Å². The second-order valence-electron chi connectivity index (χ2n) is 4.39. The number of amides is 1. The molecule has 0 aliphatic heterocycles. The predicted octanol–water partition coefficient (Wildman–Crippen LogP) is 3.64. The first-order valence-electron chi connectivity index (χ1n) is 5.98. The first-order chi connectivity index (χ1) is 9.51. The van der Waals surface area contributed by atoms with Crippen LogP contribution in [0.15, 0.2) is 40.9 Å². The molecule has 0 radical (unpaired) electrons. The van der Waals surface area contributed by atoms with E-state index in [4.69, 9.17) is 5.11 Å². The van der Waals surface area contributed by atoms with E-state index >= 15 is 0 Å². The third-order valence-electron chi connectivity index (χ3n) is 2.91. The molecule has 2 aromatic carbocycles. The first kappa shape index (κ1) is 14.7. The zero-order valence-corrected chi connectivity index (χ0v) is 12.4. The van der Waals surface area contributed by atoms with Crippen molar-refractivity contribution in [3.05, 3.63) is 63.4 Å². The predicted molar refractivity (Wildman–Crippen MR) is 79.2 cm³/mol. The monoisotopic (exact) mass is 337 g/mol. The second kappa shape index (κ2) is 6.15. The largest absolute Gasteiger partial charge is 0.392 e. The van der Waals surface area contributed by atoms with Crippen LogP contribution in [0.2, 0.25) is 0 Å². The summed E-state index contributed by atoms with van der Waals surface area (Å²) in [5.41, 5.74) is 2.57. The summed E-state index contributed by atoms with van der Waals surface area (Å²) in [6.45, 7) is 1.76. The number of aryl methyl sites for hydroxylation is 1. The summed E-state index contributed by atoms with van der Waals surface area (Å²) in [4.78, 5) is 12.2. The molecule has 0 fully saturated rings. The number of aliphatic hydroxyl groups is 1. The molecule has 104 valence electrons. The maximum Gasteiger partial charge on any atom is 0.256 e. The normalized spacial score (nSPS) is 10.4. The number of carbonyl (C=O) groups excluding carboxylic acids is 1. The summed E-state index contributed by atoms with van der Waals surface area (Å²) in [7, 11) is 0. The van der Waals surface area contributed by atoms with Gasteiger partial charge < -0.3 is 10.4 Å². The highest BCUT2D eigenvalue weighted by Gasteiger charge is 2.12. The lowest BCUT2D eigenvalue weighted by Gasteiger charge is -2.11. The van der Waals surface area contributed by atoms with Gasteiger partial charge in [0.2, 0.25) is 0 Å². The number of carbonyl (C=O) groups is 1. The van der Waals surface area contributed by atoms with Gasteiger partial charge in [-0.15, -0.1) is 0 Å². The summed E-state index contributed by atoms with van der Waals surface area (Å²) in [6, 6.07) is 9.22. The van der Waals surface area contributed by atoms with Gasteiger partial charge in [-0.2, -0.15) is 0 Å². The Kier molecular flexibility index (Phi) is 4.52. The molecule has 0 spiro atoms. The Labute approximate surface area is 124 Å². The van der Waals surface area contributed by atoms with Crippen molar-refractivity contribution in [1.29, 1.82) is 0 Å². The third-order valence-corrected chi connectivity index (χ3v) is 3.56. The van der Waals surface area contributed by atoms with E-state index in [1.54, 1.807) is 12.1 Å². The van der Waals surface area contributed by atoms with E-state index < -0.39 is 5.82 Å². The molecule has 2 N–H and O–H groups in total. The van der Waals surface area contributed by atoms with E-state index in [0.29, 0.717) is 21.3 Å². The quantitative estimate of drug-likeness (QED) is 0.898. The molecule has 0 aliphatic carbocycles. The van der Waals surface area contributed by atoms with Gasteiger partial charge in [0.1, 0.15) is 5.82 Å². The number of rotatable bonds is 3. The van der Waals surface area contributed by atoms with Crippen molar-refractivity contribution < 1.29 is 14.3 Å². The maximum atomic E-state index is 13.0. The lowest BCUT2D eigenvalue weighted by molar-refractivity contribution is 0.102.